The summed E-state index contributed by atoms with van der Waals surface area (Å²) < 4.78 is 105. The predicted octanol–water partition coefficient (Wildman–Crippen LogP) is 17.4. The molecule has 6 unspecified atom stereocenters. The van der Waals surface area contributed by atoms with E-state index in [4.69, 9.17) is 80.5 Å². The maximum Gasteiger partial charge on any atom is 0.115 e. The molecule has 93 heavy (non-hydrogen) atoms. The molecule has 0 fully saturated rings. The fourth-order valence-electron chi connectivity index (χ4n) is 8.21. The summed E-state index contributed by atoms with van der Waals surface area (Å²) in [5.41, 5.74) is -4.01. The summed E-state index contributed by atoms with van der Waals surface area (Å²) in [4.78, 5) is 0. The second kappa shape index (κ2) is 40.1. The van der Waals surface area contributed by atoms with Crippen LogP contribution in [0.15, 0.2) is 0 Å². The van der Waals surface area contributed by atoms with Gasteiger partial charge in [0, 0.05) is 0 Å². The van der Waals surface area contributed by atoms with Gasteiger partial charge in [-0.25, -0.2) is 0 Å². The zero-order chi connectivity index (χ0) is 74.1. The number of rotatable bonds is 34. The molecule has 0 heterocycles. The number of ether oxygens (including phenoxy) is 17. The second-order valence-corrected chi connectivity index (χ2v) is 38.6. The molecule has 17 nitrogen and oxygen atoms in total. The van der Waals surface area contributed by atoms with Gasteiger partial charge in [0.1, 0.15) is 48.8 Å². The number of hydrogen-bond donors (Lipinski definition) is 0. The largest absolute Gasteiger partial charge is 0.376 e. The molecule has 0 aliphatic heterocycles. The van der Waals surface area contributed by atoms with Crippen LogP contribution in [-0.4, -0.2) is 207 Å². The molecule has 0 amide bonds. The normalized spacial score (nSPS) is 17.0. The molecular weight excluding hydrogens is 1180 g/mol. The molecule has 0 saturated heterocycles. The Morgan fingerprint density at radius 1 is 0.151 bits per heavy atom. The fourth-order valence-corrected chi connectivity index (χ4v) is 8.21. The van der Waals surface area contributed by atoms with Gasteiger partial charge in [0.05, 0.1) is 158 Å². The summed E-state index contributed by atoms with van der Waals surface area (Å²) in [5.74, 6) is 0. The van der Waals surface area contributed by atoms with Crippen LogP contribution in [0, 0.1) is 0 Å². The van der Waals surface area contributed by atoms with Crippen molar-refractivity contribution in [1.29, 1.82) is 0 Å². The van der Waals surface area contributed by atoms with Crippen LogP contribution >= 0.6 is 0 Å². The molecule has 564 valence electrons. The Hall–Kier alpha value is -0.680. The highest BCUT2D eigenvalue weighted by Gasteiger charge is 2.41. The van der Waals surface area contributed by atoms with Gasteiger partial charge < -0.3 is 80.5 Å². The second-order valence-electron chi connectivity index (χ2n) is 38.6. The lowest BCUT2D eigenvalue weighted by Gasteiger charge is -2.43. The van der Waals surface area contributed by atoms with E-state index in [2.05, 4.69) is 62.3 Å². The maximum atomic E-state index is 6.57. The Kier molecular flexibility index (Phi) is 41.6. The van der Waals surface area contributed by atoms with E-state index in [0.29, 0.717) is 79.3 Å². The average molecular weight is 1340 g/mol. The van der Waals surface area contributed by atoms with Gasteiger partial charge in [-0.15, -0.1) is 0 Å². The van der Waals surface area contributed by atoms with Gasteiger partial charge in [-0.2, -0.15) is 0 Å². The molecule has 6 atom stereocenters. The minimum atomic E-state index is -0.382. The summed E-state index contributed by atoms with van der Waals surface area (Å²) in [6, 6.07) is 0. The first-order valence-electron chi connectivity index (χ1n) is 34.8. The topological polar surface area (TPSA) is 157 Å². The van der Waals surface area contributed by atoms with Gasteiger partial charge in [0.15, 0.2) is 0 Å². The van der Waals surface area contributed by atoms with Crippen LogP contribution in [0.3, 0.4) is 0 Å². The molecule has 0 aromatic carbocycles. The van der Waals surface area contributed by atoms with Crippen LogP contribution in [-0.2, 0) is 80.5 Å². The minimum absolute atomic E-state index is 0.136. The van der Waals surface area contributed by atoms with Crippen molar-refractivity contribution in [2.45, 2.75) is 418 Å². The van der Waals surface area contributed by atoms with Crippen molar-refractivity contribution in [2.24, 2.45) is 0 Å². The van der Waals surface area contributed by atoms with E-state index in [1.165, 1.54) is 0 Å². The zero-order valence-electron chi connectivity index (χ0n) is 69.0. The lowest BCUT2D eigenvalue weighted by molar-refractivity contribution is -0.245. The van der Waals surface area contributed by atoms with Gasteiger partial charge in [0.2, 0.25) is 0 Å². The molecule has 0 aromatic heterocycles. The van der Waals surface area contributed by atoms with Crippen molar-refractivity contribution < 1.29 is 80.5 Å². The highest BCUT2D eigenvalue weighted by Crippen LogP contribution is 2.29. The molecule has 0 aromatic rings. The van der Waals surface area contributed by atoms with Crippen molar-refractivity contribution >= 4 is 0 Å². The Morgan fingerprint density at radius 2 is 0.290 bits per heavy atom. The van der Waals surface area contributed by atoms with Crippen LogP contribution in [0.2, 0.25) is 0 Å². The van der Waals surface area contributed by atoms with Gasteiger partial charge in [0.25, 0.3) is 0 Å². The van der Waals surface area contributed by atoms with Gasteiger partial charge in [-0.3, -0.25) is 0 Å². The van der Waals surface area contributed by atoms with Crippen LogP contribution in [0.25, 0.3) is 0 Å². The van der Waals surface area contributed by atoms with E-state index in [-0.39, 0.29) is 127 Å². The Labute approximate surface area is 575 Å². The Morgan fingerprint density at radius 3 is 0.430 bits per heavy atom. The fraction of sp³-hybridized carbons (Fsp3) is 1.00. The van der Waals surface area contributed by atoms with E-state index >= 15 is 0 Å². The van der Waals surface area contributed by atoms with Crippen molar-refractivity contribution in [2.75, 3.05) is 79.3 Å². The lowest BCUT2D eigenvalue weighted by Crippen LogP contribution is -2.54. The monoisotopic (exact) mass is 1340 g/mol. The van der Waals surface area contributed by atoms with Crippen molar-refractivity contribution in [3.63, 3.8) is 0 Å². The minimum Gasteiger partial charge on any atom is -0.376 e. The standard InChI is InChI=1S/C29H60O7.C25H52O5.C22H46O5/c1-25(2,3)32-20-23(35-28(10,11)12)18-30-16-22(34-27(7,8)9)17-31-19-24(36-29(13,14)15)21-33-26(4,5)6;1-21(2,3)26-16-18(28-23(7,8)9)20(30-25(13,14)15)19(29-24(10,11)12)17-27-22(4,5)6;1-19(2,3)24-15-17(26-21(7,8)9)13-23-14-18(27-22(10,11)12)16-25-20(4,5)6/h22-24H,16-21H2,1-15H3;18-20H,16-17H2,1-15H3;17-18H,13-16H2,1-12H3. The SMILES string of the molecule is CC(C)(C)OCC(COCC(COC(C)(C)C)OC(C)(C)C)OC(C)(C)C.CC(C)(C)OCC(COCC(COCC(COC(C)(C)C)OC(C)(C)C)OC(C)(C)C)OC(C)(C)C.CC(C)(C)OCC(OC(C)(C)C)C(OC(C)(C)C)C(COC(C)(C)C)OC(C)(C)C. The first-order valence-corrected chi connectivity index (χ1v) is 34.8. The first-order chi connectivity index (χ1) is 40.8. The van der Waals surface area contributed by atoms with Crippen LogP contribution in [0.4, 0.5) is 0 Å². The molecular formula is C76H158O17. The third-order valence-electron chi connectivity index (χ3n) is 10.8. The maximum absolute atomic E-state index is 6.57. The smallest absolute Gasteiger partial charge is 0.115 e. The Balaban J connectivity index is -0.00000132. The van der Waals surface area contributed by atoms with Gasteiger partial charge >= 0.3 is 0 Å². The molecule has 0 bridgehead atoms. The summed E-state index contributed by atoms with van der Waals surface area (Å²) in [7, 11) is 0. The van der Waals surface area contributed by atoms with E-state index in [1.54, 1.807) is 0 Å². The van der Waals surface area contributed by atoms with Crippen molar-refractivity contribution in [3.05, 3.63) is 0 Å². The zero-order valence-corrected chi connectivity index (χ0v) is 69.0. The third-order valence-corrected chi connectivity index (χ3v) is 10.8. The van der Waals surface area contributed by atoms with E-state index in [9.17, 15) is 0 Å². The molecule has 0 aliphatic carbocycles. The first kappa shape index (κ1) is 96.5. The number of hydrogen-bond acceptors (Lipinski definition) is 17. The molecule has 0 saturated carbocycles. The quantitative estimate of drug-likeness (QED) is 0.0599. The third kappa shape index (κ3) is 71.0. The van der Waals surface area contributed by atoms with Crippen LogP contribution in [0.1, 0.15) is 291 Å². The van der Waals surface area contributed by atoms with E-state index in [0.717, 1.165) is 0 Å². The van der Waals surface area contributed by atoms with Crippen molar-refractivity contribution in [1.82, 2.24) is 0 Å². The van der Waals surface area contributed by atoms with Crippen LogP contribution in [0.5, 0.6) is 0 Å². The molecule has 0 rings (SSSR count). The van der Waals surface area contributed by atoms with Gasteiger partial charge in [-0.05, 0) is 291 Å². The average Bonchev–Trinajstić information content (AvgIpc) is 0.828. The molecule has 0 radical (unpaired) electrons. The summed E-state index contributed by atoms with van der Waals surface area (Å²) in [5, 5.41) is 0. The summed E-state index contributed by atoms with van der Waals surface area (Å²) in [6.45, 7) is 91.0. The van der Waals surface area contributed by atoms with E-state index in [1.807, 2.05) is 228 Å². The highest BCUT2D eigenvalue weighted by molar-refractivity contribution is 4.88. The van der Waals surface area contributed by atoms with Gasteiger partial charge in [-0.1, -0.05) is 0 Å². The summed E-state index contributed by atoms with van der Waals surface area (Å²) >= 11 is 0. The van der Waals surface area contributed by atoms with Crippen LogP contribution < -0.4 is 0 Å². The molecule has 0 N–H and O–H groups in total. The Bertz CT molecular complexity index is 1760. The van der Waals surface area contributed by atoms with Crippen molar-refractivity contribution in [3.8, 4) is 0 Å². The summed E-state index contributed by atoms with van der Waals surface area (Å²) in [6.07, 6.45) is -1.88. The lowest BCUT2D eigenvalue weighted by atomic mass is 10.0. The van der Waals surface area contributed by atoms with E-state index < -0.39 is 0 Å². The molecule has 0 spiro atoms. The highest BCUT2D eigenvalue weighted by atomic mass is 16.6. The molecule has 17 heteroatoms. The predicted molar refractivity (Wildman–Crippen MR) is 384 cm³/mol. The molecule has 0 aliphatic rings.